The fourth-order valence-electron chi connectivity index (χ4n) is 5.25. The summed E-state index contributed by atoms with van der Waals surface area (Å²) in [6.07, 6.45) is 1.74. The van der Waals surface area contributed by atoms with Gasteiger partial charge in [-0.25, -0.2) is 13.2 Å². The molecule has 0 heterocycles. The van der Waals surface area contributed by atoms with Gasteiger partial charge in [0.05, 0.1) is 12.0 Å². The van der Waals surface area contributed by atoms with Crippen LogP contribution >= 0.6 is 0 Å². The molecule has 0 unspecified atom stereocenters. The molecule has 0 saturated heterocycles. The van der Waals surface area contributed by atoms with Crippen molar-refractivity contribution in [2.75, 3.05) is 32.5 Å². The smallest absolute Gasteiger partial charge is 0.407 e. The molecule has 11 heteroatoms. The van der Waals surface area contributed by atoms with Gasteiger partial charge in [0, 0.05) is 37.3 Å². The van der Waals surface area contributed by atoms with Crippen molar-refractivity contribution >= 4 is 27.7 Å². The van der Waals surface area contributed by atoms with Crippen LogP contribution in [0.3, 0.4) is 0 Å². The van der Waals surface area contributed by atoms with Gasteiger partial charge in [0.15, 0.2) is 0 Å². The van der Waals surface area contributed by atoms with E-state index in [0.29, 0.717) is 50.4 Å². The van der Waals surface area contributed by atoms with Gasteiger partial charge in [0.2, 0.25) is 15.9 Å². The fraction of sp³-hybridized carbons (Fsp3) is 0.412. The van der Waals surface area contributed by atoms with Crippen LogP contribution in [0.2, 0.25) is 0 Å². The van der Waals surface area contributed by atoms with Crippen LogP contribution in [0.1, 0.15) is 56.6 Å². The number of nitrogens with one attached hydrogen (secondary N) is 2. The van der Waals surface area contributed by atoms with Crippen LogP contribution in [0.25, 0.3) is 0 Å². The average molecular weight is 638 g/mol. The number of anilines is 1. The van der Waals surface area contributed by atoms with E-state index in [1.54, 1.807) is 12.1 Å². The van der Waals surface area contributed by atoms with Crippen LogP contribution in [0.15, 0.2) is 89.8 Å². The Balaban J connectivity index is 1.70. The minimum absolute atomic E-state index is 0.166. The van der Waals surface area contributed by atoms with Gasteiger partial charge in [-0.1, -0.05) is 80.9 Å². The number of carbonyl (C=O) groups is 2. The average Bonchev–Trinajstić information content (AvgIpc) is 3.04. The maximum Gasteiger partial charge on any atom is 0.407 e. The van der Waals surface area contributed by atoms with Crippen molar-refractivity contribution in [3.8, 4) is 0 Å². The first-order valence-electron chi connectivity index (χ1n) is 15.4. The lowest BCUT2D eigenvalue weighted by molar-refractivity contribution is -0.123. The largest absolute Gasteiger partial charge is 0.453 e. The molecule has 0 aliphatic rings. The maximum absolute atomic E-state index is 13.6. The molecular weight excluding hydrogens is 590 g/mol. The number of nitrogen functional groups attached to an aromatic ring is 1. The van der Waals surface area contributed by atoms with Gasteiger partial charge in [-0.3, -0.25) is 4.79 Å². The number of methoxy groups -OCH3 is 1. The number of benzene rings is 3. The Morgan fingerprint density at radius 2 is 1.44 bits per heavy atom. The molecule has 2 amide bonds. The minimum Gasteiger partial charge on any atom is -0.453 e. The molecule has 3 rings (SSSR count). The Morgan fingerprint density at radius 3 is 1.96 bits per heavy atom. The molecule has 0 bridgehead atoms. The van der Waals surface area contributed by atoms with E-state index in [0.717, 1.165) is 11.1 Å². The summed E-state index contributed by atoms with van der Waals surface area (Å²) in [6.45, 7) is 4.96. The normalized spacial score (nSPS) is 13.0. The Kier molecular flexibility index (Phi) is 13.8. The molecule has 45 heavy (non-hydrogen) atoms. The summed E-state index contributed by atoms with van der Waals surface area (Å²) in [5.74, 6) is -0.496. The molecule has 0 spiro atoms. The molecule has 2 atom stereocenters. The minimum atomic E-state index is -3.79. The highest BCUT2D eigenvalue weighted by Crippen LogP contribution is 2.29. The van der Waals surface area contributed by atoms with E-state index in [-0.39, 0.29) is 17.3 Å². The van der Waals surface area contributed by atoms with E-state index >= 15 is 0 Å². The highest BCUT2D eigenvalue weighted by molar-refractivity contribution is 7.89. The van der Waals surface area contributed by atoms with E-state index in [1.165, 1.54) is 23.5 Å². The van der Waals surface area contributed by atoms with E-state index in [9.17, 15) is 18.0 Å². The zero-order valence-electron chi connectivity index (χ0n) is 26.4. The van der Waals surface area contributed by atoms with Crippen LogP contribution in [-0.2, 0) is 19.6 Å². The standard InChI is InChI=1S/C34H47N5O5S/c1-25(2)21-23-39(45(42,43)30-19-17-28(36)18-20-30)29(24-35)16-10-11-22-37-33(40)32(38-34(41)44-3)31(26-12-6-4-7-13-26)27-14-8-5-9-15-27/h4-9,12-15,17-20,25,29,31-32H,10-11,16,21-24,35-36H2,1-3H3,(H,37,40)(H,38,41)/t29-,32-/m0/s1. The number of nitrogens with two attached hydrogens (primary N) is 2. The summed E-state index contributed by atoms with van der Waals surface area (Å²) < 4.78 is 33.7. The summed E-state index contributed by atoms with van der Waals surface area (Å²) in [6, 6.07) is 23.9. The quantitative estimate of drug-likeness (QED) is 0.126. The van der Waals surface area contributed by atoms with Crippen molar-refractivity contribution in [3.63, 3.8) is 0 Å². The number of amides is 2. The maximum atomic E-state index is 13.6. The zero-order chi connectivity index (χ0) is 32.8. The summed E-state index contributed by atoms with van der Waals surface area (Å²) in [4.78, 5) is 26.1. The Labute approximate surface area is 267 Å². The second-order valence-electron chi connectivity index (χ2n) is 11.5. The number of rotatable bonds is 17. The van der Waals surface area contributed by atoms with Crippen molar-refractivity contribution in [2.45, 2.75) is 62.4 Å². The topological polar surface area (TPSA) is 157 Å². The lowest BCUT2D eigenvalue weighted by Gasteiger charge is -2.31. The molecule has 0 aromatic heterocycles. The summed E-state index contributed by atoms with van der Waals surface area (Å²) in [5, 5.41) is 5.70. The van der Waals surface area contributed by atoms with Gasteiger partial charge in [0.1, 0.15) is 6.04 Å². The number of hydrogen-bond acceptors (Lipinski definition) is 7. The molecule has 3 aromatic rings. The number of alkyl carbamates (subject to hydrolysis) is 1. The fourth-order valence-corrected chi connectivity index (χ4v) is 6.93. The lowest BCUT2D eigenvalue weighted by atomic mass is 9.84. The van der Waals surface area contributed by atoms with Crippen molar-refractivity contribution in [1.82, 2.24) is 14.9 Å². The monoisotopic (exact) mass is 637 g/mol. The predicted octanol–water partition coefficient (Wildman–Crippen LogP) is 4.48. The van der Waals surface area contributed by atoms with Gasteiger partial charge < -0.3 is 26.8 Å². The molecule has 0 fully saturated rings. The van der Waals surface area contributed by atoms with Gasteiger partial charge in [0.25, 0.3) is 0 Å². The lowest BCUT2D eigenvalue weighted by Crippen LogP contribution is -2.50. The molecule has 6 N–H and O–H groups in total. The number of unbranched alkanes of at least 4 members (excludes halogenated alkanes) is 1. The summed E-state index contributed by atoms with van der Waals surface area (Å²) >= 11 is 0. The van der Waals surface area contributed by atoms with E-state index in [1.807, 2.05) is 60.7 Å². The first-order valence-corrected chi connectivity index (χ1v) is 16.8. The number of sulfonamides is 1. The molecule has 244 valence electrons. The van der Waals surface area contributed by atoms with Crippen LogP contribution in [0.5, 0.6) is 0 Å². The molecule has 10 nitrogen and oxygen atoms in total. The zero-order valence-corrected chi connectivity index (χ0v) is 27.2. The third-order valence-corrected chi connectivity index (χ3v) is 9.71. The Bertz CT molecular complexity index is 1400. The summed E-state index contributed by atoms with van der Waals surface area (Å²) in [5.41, 5.74) is 14.2. The van der Waals surface area contributed by atoms with Crippen LogP contribution in [0.4, 0.5) is 10.5 Å². The third-order valence-electron chi connectivity index (χ3n) is 7.75. The number of ether oxygens (including phenoxy) is 1. The molecule has 0 aliphatic carbocycles. The van der Waals surface area contributed by atoms with Gasteiger partial charge in [-0.05, 0) is 60.6 Å². The highest BCUT2D eigenvalue weighted by atomic mass is 32.2. The molecule has 0 saturated carbocycles. The molecule has 0 radical (unpaired) electrons. The van der Waals surface area contributed by atoms with Crippen LogP contribution < -0.4 is 22.1 Å². The third kappa shape index (κ3) is 10.3. The second kappa shape index (κ2) is 17.5. The molecule has 3 aromatic carbocycles. The van der Waals surface area contributed by atoms with Crippen LogP contribution in [0, 0.1) is 5.92 Å². The van der Waals surface area contributed by atoms with E-state index < -0.39 is 34.1 Å². The number of hydrogen-bond donors (Lipinski definition) is 4. The summed E-state index contributed by atoms with van der Waals surface area (Å²) in [7, 11) is -2.53. The van der Waals surface area contributed by atoms with Gasteiger partial charge >= 0.3 is 6.09 Å². The molecular formula is C34H47N5O5S. The second-order valence-corrected chi connectivity index (χ2v) is 13.3. The van der Waals surface area contributed by atoms with Crippen molar-refractivity contribution in [3.05, 3.63) is 96.1 Å². The number of carbonyl (C=O) groups excluding carboxylic acids is 2. The van der Waals surface area contributed by atoms with E-state index in [4.69, 9.17) is 16.2 Å². The van der Waals surface area contributed by atoms with Crippen molar-refractivity contribution in [2.24, 2.45) is 11.7 Å². The van der Waals surface area contributed by atoms with Crippen molar-refractivity contribution in [1.29, 1.82) is 0 Å². The Hall–Kier alpha value is -3.93. The Morgan fingerprint density at radius 1 is 0.867 bits per heavy atom. The molecule has 0 aliphatic heterocycles. The highest BCUT2D eigenvalue weighted by Gasteiger charge is 2.33. The SMILES string of the molecule is COC(=O)N[C@H](C(=O)NCCCC[C@@H](CN)N(CCC(C)C)S(=O)(=O)c1ccc(N)cc1)C(c1ccccc1)c1ccccc1. The first-order chi connectivity index (χ1) is 21.6. The van der Waals surface area contributed by atoms with Crippen molar-refractivity contribution < 1.29 is 22.7 Å². The van der Waals surface area contributed by atoms with Gasteiger partial charge in [-0.2, -0.15) is 4.31 Å². The van der Waals surface area contributed by atoms with E-state index in [2.05, 4.69) is 24.5 Å². The first kappa shape index (κ1) is 35.5. The number of nitrogens with zero attached hydrogens (tertiary/aromatic N) is 1. The van der Waals surface area contributed by atoms with Crippen LogP contribution in [-0.4, -0.2) is 63.6 Å². The van der Waals surface area contributed by atoms with Gasteiger partial charge in [-0.15, -0.1) is 0 Å². The predicted molar refractivity (Wildman–Crippen MR) is 178 cm³/mol.